The molecule has 0 spiro atoms. The molecule has 29 heavy (non-hydrogen) atoms. The third-order valence-corrected chi connectivity index (χ3v) is 5.23. The molecule has 0 aliphatic carbocycles. The van der Waals surface area contributed by atoms with Crippen molar-refractivity contribution in [2.45, 2.75) is 41.0 Å². The molecule has 2 nitrogen and oxygen atoms in total. The molecule has 0 radical (unpaired) electrons. The van der Waals surface area contributed by atoms with Crippen molar-refractivity contribution >= 4 is 0 Å². The summed E-state index contributed by atoms with van der Waals surface area (Å²) in [7, 11) is 0. The van der Waals surface area contributed by atoms with Gasteiger partial charge in [-0.15, -0.1) is 0 Å². The van der Waals surface area contributed by atoms with Crippen LogP contribution < -0.4 is 4.74 Å². The summed E-state index contributed by atoms with van der Waals surface area (Å²) in [5.74, 6) is 1.25. The summed E-state index contributed by atoms with van der Waals surface area (Å²) in [6, 6.07) is 18.4. The number of hydrogen-bond acceptors (Lipinski definition) is 2. The molecule has 0 saturated heterocycles. The van der Waals surface area contributed by atoms with Gasteiger partial charge >= 0.3 is 0 Å². The minimum atomic E-state index is 0.290. The smallest absolute Gasteiger partial charge is 0.122 e. The van der Waals surface area contributed by atoms with Crippen molar-refractivity contribution in [2.24, 2.45) is 0 Å². The Morgan fingerprint density at radius 1 is 0.862 bits per heavy atom. The number of allylic oxidation sites excluding steroid dienone is 1. The number of aromatic hydroxyl groups is 1. The minimum Gasteiger partial charge on any atom is -0.508 e. The van der Waals surface area contributed by atoms with Crippen LogP contribution in [0.4, 0.5) is 0 Å². The first-order chi connectivity index (χ1) is 13.9. The van der Waals surface area contributed by atoms with Gasteiger partial charge in [-0.1, -0.05) is 42.8 Å². The number of phenolic OH excluding ortho intramolecular Hbond substituents is 1. The maximum atomic E-state index is 9.56. The molecule has 0 atom stereocenters. The Hall–Kier alpha value is -3.00. The van der Waals surface area contributed by atoms with Crippen molar-refractivity contribution in [1.82, 2.24) is 0 Å². The Bertz CT molecular complexity index is 1020. The fraction of sp³-hybridized carbons (Fsp3) is 0.259. The lowest BCUT2D eigenvalue weighted by Gasteiger charge is -2.15. The van der Waals surface area contributed by atoms with Gasteiger partial charge < -0.3 is 9.84 Å². The topological polar surface area (TPSA) is 29.5 Å². The molecule has 3 aromatic carbocycles. The molecule has 2 heteroatoms. The molecular formula is C27H30O2. The van der Waals surface area contributed by atoms with Crippen LogP contribution in [0.15, 0.2) is 66.2 Å². The Labute approximate surface area is 174 Å². The van der Waals surface area contributed by atoms with E-state index in [9.17, 15) is 5.11 Å². The highest BCUT2D eigenvalue weighted by Gasteiger charge is 2.11. The van der Waals surface area contributed by atoms with E-state index in [1.54, 1.807) is 12.1 Å². The number of ether oxygens (including phenoxy) is 1. The van der Waals surface area contributed by atoms with Crippen molar-refractivity contribution in [2.75, 3.05) is 6.61 Å². The molecule has 0 aliphatic rings. The van der Waals surface area contributed by atoms with Gasteiger partial charge in [-0.2, -0.15) is 0 Å². The zero-order chi connectivity index (χ0) is 21.0. The number of benzene rings is 3. The van der Waals surface area contributed by atoms with Crippen molar-refractivity contribution < 1.29 is 9.84 Å². The summed E-state index contributed by atoms with van der Waals surface area (Å²) in [5, 5.41) is 9.56. The van der Waals surface area contributed by atoms with E-state index in [1.165, 1.54) is 39.0 Å². The standard InChI is InChI=1S/C27H30O2/c1-6-21-17-23(9-12-27(21)29-14-13-18(2)3)26-16-19(4)25(15-20(26)5)22-7-10-24(28)11-8-22/h7-13,15-17,28H,6,14H2,1-5H3. The maximum absolute atomic E-state index is 9.56. The highest BCUT2D eigenvalue weighted by Crippen LogP contribution is 2.34. The third kappa shape index (κ3) is 4.89. The molecule has 0 amide bonds. The SMILES string of the molecule is CCc1cc(-c2cc(C)c(-c3ccc(O)cc3)cc2C)ccc1OCC=C(C)C. The van der Waals surface area contributed by atoms with Gasteiger partial charge in [-0.3, -0.25) is 0 Å². The molecule has 0 saturated carbocycles. The summed E-state index contributed by atoms with van der Waals surface area (Å²) in [4.78, 5) is 0. The van der Waals surface area contributed by atoms with Crippen LogP contribution in [0.25, 0.3) is 22.3 Å². The molecule has 0 fully saturated rings. The van der Waals surface area contributed by atoms with Crippen LogP contribution in [-0.4, -0.2) is 11.7 Å². The normalized spacial score (nSPS) is 10.7. The highest BCUT2D eigenvalue weighted by molar-refractivity contribution is 5.77. The van der Waals surface area contributed by atoms with Crippen LogP contribution in [0.1, 0.15) is 37.5 Å². The Kier molecular flexibility index (Phi) is 6.43. The summed E-state index contributed by atoms with van der Waals surface area (Å²) < 4.78 is 5.97. The van der Waals surface area contributed by atoms with Gasteiger partial charge in [0.2, 0.25) is 0 Å². The van der Waals surface area contributed by atoms with Gasteiger partial charge in [-0.25, -0.2) is 0 Å². The predicted octanol–water partition coefficient (Wildman–Crippen LogP) is 7.25. The van der Waals surface area contributed by atoms with E-state index in [0.717, 1.165) is 17.7 Å². The zero-order valence-corrected chi connectivity index (χ0v) is 18.0. The quantitative estimate of drug-likeness (QED) is 0.452. The third-order valence-electron chi connectivity index (χ3n) is 5.23. The van der Waals surface area contributed by atoms with Crippen LogP contribution in [0, 0.1) is 13.8 Å². The first-order valence-electron chi connectivity index (χ1n) is 10.2. The van der Waals surface area contributed by atoms with Gasteiger partial charge in [0.15, 0.2) is 0 Å². The first kappa shape index (κ1) is 20.7. The van der Waals surface area contributed by atoms with Crippen LogP contribution in [0.5, 0.6) is 11.5 Å². The van der Waals surface area contributed by atoms with Gasteiger partial charge in [0.05, 0.1) is 0 Å². The number of rotatable bonds is 6. The molecule has 0 aliphatic heterocycles. The lowest BCUT2D eigenvalue weighted by molar-refractivity contribution is 0.358. The van der Waals surface area contributed by atoms with E-state index in [2.05, 4.69) is 71.0 Å². The Balaban J connectivity index is 1.95. The molecule has 0 unspecified atom stereocenters. The van der Waals surface area contributed by atoms with E-state index >= 15 is 0 Å². The summed E-state index contributed by atoms with van der Waals surface area (Å²) in [5.41, 5.74) is 9.72. The van der Waals surface area contributed by atoms with Crippen molar-refractivity contribution in [3.8, 4) is 33.8 Å². The number of phenols is 1. The lowest BCUT2D eigenvalue weighted by atomic mass is 9.91. The van der Waals surface area contributed by atoms with Gasteiger partial charge in [0.25, 0.3) is 0 Å². The summed E-state index contributed by atoms with van der Waals surface area (Å²) in [6.07, 6.45) is 3.03. The number of aryl methyl sites for hydroxylation is 3. The van der Waals surface area contributed by atoms with Gasteiger partial charge in [0.1, 0.15) is 18.1 Å². The fourth-order valence-corrected chi connectivity index (χ4v) is 3.54. The van der Waals surface area contributed by atoms with Crippen LogP contribution in [0.3, 0.4) is 0 Å². The number of hydrogen-bond donors (Lipinski definition) is 1. The van der Waals surface area contributed by atoms with E-state index in [1.807, 2.05) is 12.1 Å². The molecule has 150 valence electrons. The minimum absolute atomic E-state index is 0.290. The summed E-state index contributed by atoms with van der Waals surface area (Å²) in [6.45, 7) is 11.2. The maximum Gasteiger partial charge on any atom is 0.122 e. The molecule has 1 N–H and O–H groups in total. The van der Waals surface area contributed by atoms with Crippen LogP contribution in [0.2, 0.25) is 0 Å². The second kappa shape index (κ2) is 9.00. The highest BCUT2D eigenvalue weighted by atomic mass is 16.5. The second-order valence-electron chi connectivity index (χ2n) is 7.80. The first-order valence-corrected chi connectivity index (χ1v) is 10.2. The molecule has 0 aromatic heterocycles. The van der Waals surface area contributed by atoms with Crippen LogP contribution in [-0.2, 0) is 6.42 Å². The Morgan fingerprint density at radius 3 is 2.03 bits per heavy atom. The van der Waals surface area contributed by atoms with Gasteiger partial charge in [0, 0.05) is 0 Å². The van der Waals surface area contributed by atoms with E-state index in [4.69, 9.17) is 4.74 Å². The van der Waals surface area contributed by atoms with Crippen LogP contribution >= 0.6 is 0 Å². The van der Waals surface area contributed by atoms with Crippen molar-refractivity contribution in [3.05, 3.63) is 82.9 Å². The average molecular weight is 387 g/mol. The van der Waals surface area contributed by atoms with E-state index < -0.39 is 0 Å². The second-order valence-corrected chi connectivity index (χ2v) is 7.80. The monoisotopic (exact) mass is 386 g/mol. The van der Waals surface area contributed by atoms with Crippen molar-refractivity contribution in [3.63, 3.8) is 0 Å². The molecule has 0 bridgehead atoms. The van der Waals surface area contributed by atoms with E-state index in [0.29, 0.717) is 12.4 Å². The van der Waals surface area contributed by atoms with Crippen molar-refractivity contribution in [1.29, 1.82) is 0 Å². The fourth-order valence-electron chi connectivity index (χ4n) is 3.54. The summed E-state index contributed by atoms with van der Waals surface area (Å²) >= 11 is 0. The largest absolute Gasteiger partial charge is 0.508 e. The zero-order valence-electron chi connectivity index (χ0n) is 18.0. The predicted molar refractivity (Wildman–Crippen MR) is 123 cm³/mol. The Morgan fingerprint density at radius 2 is 1.45 bits per heavy atom. The molecular weight excluding hydrogens is 356 g/mol. The van der Waals surface area contributed by atoms with Gasteiger partial charge in [-0.05, 0) is 103 Å². The molecule has 3 rings (SSSR count). The van der Waals surface area contributed by atoms with E-state index in [-0.39, 0.29) is 0 Å². The molecule has 0 heterocycles. The average Bonchev–Trinajstić information content (AvgIpc) is 2.70. The molecule has 3 aromatic rings. The lowest BCUT2D eigenvalue weighted by Crippen LogP contribution is -1.98.